The first-order valence-electron chi connectivity index (χ1n) is 8.10. The van der Waals surface area contributed by atoms with Crippen LogP contribution in [0.4, 0.5) is 11.4 Å². The van der Waals surface area contributed by atoms with E-state index in [1.807, 2.05) is 12.1 Å². The highest BCUT2D eigenvalue weighted by atomic mass is 16.6. The standard InChI is InChI=1S/C18H21N3O5/c1-4-25-17-11-13(10-16(21(22)23)18(17)26-5-2)12-19-20-14-6-8-15(24-3)9-7-14/h6-12,20H,4-5H2,1-3H3/b19-12+. The van der Waals surface area contributed by atoms with Crippen LogP contribution < -0.4 is 19.6 Å². The summed E-state index contributed by atoms with van der Waals surface area (Å²) in [6.45, 7) is 4.22. The second-order valence-electron chi connectivity index (χ2n) is 5.09. The first-order chi connectivity index (χ1) is 12.6. The van der Waals surface area contributed by atoms with Crippen LogP contribution in [-0.2, 0) is 0 Å². The summed E-state index contributed by atoms with van der Waals surface area (Å²) in [5, 5.41) is 15.5. The predicted molar refractivity (Wildman–Crippen MR) is 99.6 cm³/mol. The van der Waals surface area contributed by atoms with Gasteiger partial charge in [-0.2, -0.15) is 5.10 Å². The molecule has 0 aliphatic rings. The van der Waals surface area contributed by atoms with E-state index in [1.54, 1.807) is 39.2 Å². The van der Waals surface area contributed by atoms with Crippen molar-refractivity contribution in [2.24, 2.45) is 5.10 Å². The van der Waals surface area contributed by atoms with Gasteiger partial charge in [-0.25, -0.2) is 0 Å². The van der Waals surface area contributed by atoms with Gasteiger partial charge in [-0.3, -0.25) is 15.5 Å². The van der Waals surface area contributed by atoms with Crippen LogP contribution in [0.2, 0.25) is 0 Å². The summed E-state index contributed by atoms with van der Waals surface area (Å²) in [5.74, 6) is 1.18. The van der Waals surface area contributed by atoms with Crippen molar-refractivity contribution < 1.29 is 19.1 Å². The molecule has 2 rings (SSSR count). The minimum Gasteiger partial charge on any atom is -0.497 e. The van der Waals surface area contributed by atoms with Gasteiger partial charge < -0.3 is 14.2 Å². The van der Waals surface area contributed by atoms with E-state index in [9.17, 15) is 10.1 Å². The van der Waals surface area contributed by atoms with Gasteiger partial charge in [0.05, 0.1) is 37.1 Å². The van der Waals surface area contributed by atoms with Crippen LogP contribution in [0.25, 0.3) is 0 Å². The molecule has 0 aliphatic heterocycles. The summed E-state index contributed by atoms with van der Waals surface area (Å²) in [6.07, 6.45) is 1.48. The Kier molecular flexibility index (Phi) is 6.78. The molecule has 0 heterocycles. The number of hydrazone groups is 1. The Morgan fingerprint density at radius 2 is 1.85 bits per heavy atom. The lowest BCUT2D eigenvalue weighted by Crippen LogP contribution is -2.03. The summed E-state index contributed by atoms with van der Waals surface area (Å²) in [5.41, 5.74) is 3.97. The third kappa shape index (κ3) is 4.85. The molecule has 8 nitrogen and oxygen atoms in total. The number of hydrogen-bond donors (Lipinski definition) is 1. The van der Waals surface area contributed by atoms with Gasteiger partial charge in [0.2, 0.25) is 5.75 Å². The smallest absolute Gasteiger partial charge is 0.315 e. The molecule has 0 spiro atoms. The minimum absolute atomic E-state index is 0.125. The molecule has 138 valence electrons. The van der Waals surface area contributed by atoms with E-state index in [-0.39, 0.29) is 11.4 Å². The van der Waals surface area contributed by atoms with Crippen LogP contribution in [0.5, 0.6) is 17.2 Å². The number of ether oxygens (including phenoxy) is 3. The molecule has 0 amide bonds. The SMILES string of the molecule is CCOc1cc(/C=N/Nc2ccc(OC)cc2)cc([N+](=O)[O-])c1OCC. The highest BCUT2D eigenvalue weighted by Gasteiger charge is 2.22. The molecule has 0 bridgehead atoms. The third-order valence-electron chi connectivity index (χ3n) is 3.34. The lowest BCUT2D eigenvalue weighted by atomic mass is 10.2. The van der Waals surface area contributed by atoms with Crippen molar-refractivity contribution in [1.82, 2.24) is 0 Å². The number of nitro benzene ring substituents is 1. The molecular formula is C18H21N3O5. The summed E-state index contributed by atoms with van der Waals surface area (Å²) in [6, 6.07) is 10.3. The Labute approximate surface area is 151 Å². The number of hydrogen-bond acceptors (Lipinski definition) is 7. The largest absolute Gasteiger partial charge is 0.497 e. The summed E-state index contributed by atoms with van der Waals surface area (Å²) in [7, 11) is 1.59. The molecule has 0 fully saturated rings. The molecule has 0 aliphatic carbocycles. The van der Waals surface area contributed by atoms with Crippen molar-refractivity contribution in [2.75, 3.05) is 25.7 Å². The lowest BCUT2D eigenvalue weighted by molar-refractivity contribution is -0.385. The number of nitrogens with one attached hydrogen (secondary N) is 1. The Hall–Kier alpha value is -3.29. The van der Waals surface area contributed by atoms with Gasteiger partial charge in [-0.05, 0) is 44.2 Å². The maximum Gasteiger partial charge on any atom is 0.315 e. The van der Waals surface area contributed by atoms with Crippen molar-refractivity contribution >= 4 is 17.6 Å². The predicted octanol–water partition coefficient (Wildman–Crippen LogP) is 3.85. The average molecular weight is 359 g/mol. The van der Waals surface area contributed by atoms with E-state index < -0.39 is 4.92 Å². The zero-order valence-electron chi connectivity index (χ0n) is 14.9. The van der Waals surface area contributed by atoms with E-state index in [2.05, 4.69) is 10.5 Å². The number of benzene rings is 2. The molecule has 26 heavy (non-hydrogen) atoms. The zero-order chi connectivity index (χ0) is 18.9. The molecule has 0 atom stereocenters. The van der Waals surface area contributed by atoms with Crippen molar-refractivity contribution in [1.29, 1.82) is 0 Å². The minimum atomic E-state index is -0.498. The Bertz CT molecular complexity index is 775. The van der Waals surface area contributed by atoms with Crippen LogP contribution in [0.3, 0.4) is 0 Å². The number of nitro groups is 1. The normalized spacial score (nSPS) is 10.6. The maximum atomic E-state index is 11.4. The molecule has 0 saturated carbocycles. The quantitative estimate of drug-likeness (QED) is 0.415. The average Bonchev–Trinajstić information content (AvgIpc) is 2.64. The van der Waals surface area contributed by atoms with Gasteiger partial charge in [-0.1, -0.05) is 0 Å². The van der Waals surface area contributed by atoms with Crippen molar-refractivity contribution in [3.05, 3.63) is 52.1 Å². The Balaban J connectivity index is 2.25. The molecule has 1 N–H and O–H groups in total. The van der Waals surface area contributed by atoms with Gasteiger partial charge in [-0.15, -0.1) is 0 Å². The van der Waals surface area contributed by atoms with Gasteiger partial charge >= 0.3 is 5.69 Å². The van der Waals surface area contributed by atoms with Crippen LogP contribution in [-0.4, -0.2) is 31.5 Å². The molecule has 8 heteroatoms. The first kappa shape index (κ1) is 19.0. The second-order valence-corrected chi connectivity index (χ2v) is 5.09. The molecule has 0 unspecified atom stereocenters. The summed E-state index contributed by atoms with van der Waals surface area (Å²) >= 11 is 0. The van der Waals surface area contributed by atoms with Crippen molar-refractivity contribution in [3.8, 4) is 17.2 Å². The van der Waals surface area contributed by atoms with Crippen LogP contribution in [0, 0.1) is 10.1 Å². The van der Waals surface area contributed by atoms with Crippen LogP contribution >= 0.6 is 0 Å². The highest BCUT2D eigenvalue weighted by Crippen LogP contribution is 2.38. The summed E-state index contributed by atoms with van der Waals surface area (Å²) < 4.78 is 16.0. The second kappa shape index (κ2) is 9.26. The fourth-order valence-corrected chi connectivity index (χ4v) is 2.22. The summed E-state index contributed by atoms with van der Waals surface area (Å²) in [4.78, 5) is 10.9. The van der Waals surface area contributed by atoms with E-state index in [0.717, 1.165) is 11.4 Å². The van der Waals surface area contributed by atoms with Crippen LogP contribution in [0.15, 0.2) is 41.5 Å². The third-order valence-corrected chi connectivity index (χ3v) is 3.34. The highest BCUT2D eigenvalue weighted by molar-refractivity contribution is 5.83. The van der Waals surface area contributed by atoms with Gasteiger partial charge in [0, 0.05) is 11.6 Å². The van der Waals surface area contributed by atoms with E-state index >= 15 is 0 Å². The topological polar surface area (TPSA) is 95.2 Å². The molecular weight excluding hydrogens is 338 g/mol. The van der Waals surface area contributed by atoms with E-state index in [0.29, 0.717) is 24.5 Å². The molecule has 0 saturated heterocycles. The zero-order valence-corrected chi connectivity index (χ0v) is 14.9. The van der Waals surface area contributed by atoms with Crippen molar-refractivity contribution in [3.63, 3.8) is 0 Å². The van der Waals surface area contributed by atoms with Gasteiger partial charge in [0.15, 0.2) is 5.75 Å². The van der Waals surface area contributed by atoms with E-state index in [1.165, 1.54) is 12.3 Å². The number of nitrogens with zero attached hydrogens (tertiary/aromatic N) is 2. The lowest BCUT2D eigenvalue weighted by Gasteiger charge is -2.11. The van der Waals surface area contributed by atoms with E-state index in [4.69, 9.17) is 14.2 Å². The number of anilines is 1. The Morgan fingerprint density at radius 3 is 2.42 bits per heavy atom. The Morgan fingerprint density at radius 1 is 1.15 bits per heavy atom. The molecule has 0 aromatic heterocycles. The molecule has 0 radical (unpaired) electrons. The number of methoxy groups -OCH3 is 1. The van der Waals surface area contributed by atoms with Gasteiger partial charge in [0.25, 0.3) is 0 Å². The fourth-order valence-electron chi connectivity index (χ4n) is 2.22. The maximum absolute atomic E-state index is 11.4. The number of rotatable bonds is 9. The monoisotopic (exact) mass is 359 g/mol. The van der Waals surface area contributed by atoms with Gasteiger partial charge in [0.1, 0.15) is 5.75 Å². The van der Waals surface area contributed by atoms with Crippen LogP contribution in [0.1, 0.15) is 19.4 Å². The van der Waals surface area contributed by atoms with Crippen molar-refractivity contribution in [2.45, 2.75) is 13.8 Å². The molecule has 2 aromatic carbocycles. The molecule has 2 aromatic rings. The first-order valence-corrected chi connectivity index (χ1v) is 8.10. The fraction of sp³-hybridized carbons (Fsp3) is 0.278.